The highest BCUT2D eigenvalue weighted by Gasteiger charge is 2.43. The van der Waals surface area contributed by atoms with Gasteiger partial charge in [0, 0.05) is 0 Å². The zero-order valence-electron chi connectivity index (χ0n) is 13.1. The number of hydrogen-bond acceptors (Lipinski definition) is 6. The second-order valence-electron chi connectivity index (χ2n) is 4.58. The lowest BCUT2D eigenvalue weighted by atomic mass is 10.2. The van der Waals surface area contributed by atoms with Crippen molar-refractivity contribution in [3.63, 3.8) is 0 Å². The molecule has 128 valence electrons. The molecule has 0 radical (unpaired) electrons. The zero-order valence-corrected chi connectivity index (χ0v) is 14.0. The Morgan fingerprint density at radius 3 is 2.17 bits per heavy atom. The maximum atomic E-state index is 12.5. The number of carboxylic acids is 1. The quantitative estimate of drug-likeness (QED) is 0.514. The van der Waals surface area contributed by atoms with E-state index in [1.54, 1.807) is 38.1 Å². The van der Waals surface area contributed by atoms with Crippen LogP contribution < -0.4 is 0 Å². The number of benzene rings is 1. The van der Waals surface area contributed by atoms with Gasteiger partial charge in [0.25, 0.3) is 0 Å². The van der Waals surface area contributed by atoms with E-state index in [1.165, 1.54) is 0 Å². The standard InChI is InChI=1S/C15H21O7P/c1-3-21-23(19,22-4-2)13(15(17)18)10-14(16)20-11-12-8-6-5-7-9-12/h5-9,13H,3-4,10-11H2,1-2H3,(H,17,18). The van der Waals surface area contributed by atoms with Gasteiger partial charge in [0.1, 0.15) is 6.61 Å². The molecule has 0 saturated heterocycles. The minimum atomic E-state index is -3.94. The molecule has 0 fully saturated rings. The van der Waals surface area contributed by atoms with Crippen LogP contribution >= 0.6 is 7.60 Å². The van der Waals surface area contributed by atoms with Crippen molar-refractivity contribution in [3.8, 4) is 0 Å². The van der Waals surface area contributed by atoms with Crippen LogP contribution in [0.25, 0.3) is 0 Å². The molecule has 7 nitrogen and oxygen atoms in total. The molecule has 1 unspecified atom stereocenters. The van der Waals surface area contributed by atoms with Crippen LogP contribution in [0.2, 0.25) is 0 Å². The molecule has 1 N–H and O–H groups in total. The number of ether oxygens (including phenoxy) is 1. The smallest absolute Gasteiger partial charge is 0.345 e. The number of rotatable bonds is 10. The fourth-order valence-electron chi connectivity index (χ4n) is 1.87. The van der Waals surface area contributed by atoms with E-state index in [2.05, 4.69) is 0 Å². The summed E-state index contributed by atoms with van der Waals surface area (Å²) in [5.74, 6) is -2.20. The maximum Gasteiger partial charge on any atom is 0.345 e. The Kier molecular flexibility index (Phi) is 7.95. The van der Waals surface area contributed by atoms with Gasteiger partial charge in [0.15, 0.2) is 5.66 Å². The summed E-state index contributed by atoms with van der Waals surface area (Å²) in [6.45, 7) is 3.18. The van der Waals surface area contributed by atoms with Crippen LogP contribution in [0.5, 0.6) is 0 Å². The lowest BCUT2D eigenvalue weighted by Crippen LogP contribution is -2.27. The van der Waals surface area contributed by atoms with Gasteiger partial charge in [-0.15, -0.1) is 0 Å². The molecule has 0 heterocycles. The number of esters is 1. The second kappa shape index (κ2) is 9.45. The minimum absolute atomic E-state index is 0.0135. The van der Waals surface area contributed by atoms with Crippen LogP contribution in [0.1, 0.15) is 25.8 Å². The van der Waals surface area contributed by atoms with Gasteiger partial charge in [-0.25, -0.2) is 0 Å². The number of carboxylic acid groups (broad SMARTS) is 1. The molecule has 0 spiro atoms. The summed E-state index contributed by atoms with van der Waals surface area (Å²) in [7, 11) is -3.94. The van der Waals surface area contributed by atoms with Crippen LogP contribution in [0.3, 0.4) is 0 Å². The van der Waals surface area contributed by atoms with E-state index in [0.717, 1.165) is 5.56 Å². The summed E-state index contributed by atoms with van der Waals surface area (Å²) in [6.07, 6.45) is -0.584. The molecule has 1 atom stereocenters. The number of aliphatic carboxylic acids is 1. The van der Waals surface area contributed by atoms with Gasteiger partial charge in [-0.1, -0.05) is 30.3 Å². The van der Waals surface area contributed by atoms with Crippen molar-refractivity contribution < 1.29 is 33.0 Å². The Bertz CT molecular complexity index is 548. The van der Waals surface area contributed by atoms with E-state index in [-0.39, 0.29) is 19.8 Å². The predicted molar refractivity (Wildman–Crippen MR) is 83.1 cm³/mol. The minimum Gasteiger partial charge on any atom is -0.481 e. The van der Waals surface area contributed by atoms with Crippen LogP contribution in [0.4, 0.5) is 0 Å². The molecular formula is C15H21O7P. The van der Waals surface area contributed by atoms with E-state index >= 15 is 0 Å². The van der Waals surface area contributed by atoms with Crippen molar-refractivity contribution in [2.45, 2.75) is 32.5 Å². The first-order valence-corrected chi connectivity index (χ1v) is 8.85. The molecule has 8 heteroatoms. The average molecular weight is 344 g/mol. The Hall–Kier alpha value is -1.69. The highest BCUT2D eigenvalue weighted by atomic mass is 31.2. The summed E-state index contributed by atoms with van der Waals surface area (Å²) in [4.78, 5) is 23.2. The first-order valence-electron chi connectivity index (χ1n) is 7.24. The Balaban J connectivity index is 2.72. The first kappa shape index (κ1) is 19.4. The van der Waals surface area contributed by atoms with Gasteiger partial charge in [0.2, 0.25) is 0 Å². The van der Waals surface area contributed by atoms with E-state index in [1.807, 2.05) is 6.07 Å². The third-order valence-corrected chi connectivity index (χ3v) is 5.29. The van der Waals surface area contributed by atoms with Crippen molar-refractivity contribution in [2.24, 2.45) is 0 Å². The van der Waals surface area contributed by atoms with Crippen LogP contribution in [0.15, 0.2) is 30.3 Å². The largest absolute Gasteiger partial charge is 0.481 e. The van der Waals surface area contributed by atoms with Gasteiger partial charge < -0.3 is 18.9 Å². The van der Waals surface area contributed by atoms with Crippen LogP contribution in [-0.2, 0) is 34.5 Å². The molecule has 0 aliphatic carbocycles. The highest BCUT2D eigenvalue weighted by molar-refractivity contribution is 7.55. The van der Waals surface area contributed by atoms with E-state index in [9.17, 15) is 19.3 Å². The first-order chi connectivity index (χ1) is 10.9. The van der Waals surface area contributed by atoms with Crippen molar-refractivity contribution >= 4 is 19.5 Å². The van der Waals surface area contributed by atoms with E-state index < -0.39 is 31.6 Å². The second-order valence-corrected chi connectivity index (χ2v) is 6.80. The Morgan fingerprint density at radius 2 is 1.70 bits per heavy atom. The fraction of sp³-hybridized carbons (Fsp3) is 0.467. The van der Waals surface area contributed by atoms with E-state index in [4.69, 9.17) is 13.8 Å². The summed E-state index contributed by atoms with van der Waals surface area (Å²) in [6, 6.07) is 8.95. The summed E-state index contributed by atoms with van der Waals surface area (Å²) >= 11 is 0. The molecule has 0 aliphatic rings. The molecule has 1 aromatic rings. The summed E-state index contributed by atoms with van der Waals surface area (Å²) in [5, 5.41) is 9.26. The lowest BCUT2D eigenvalue weighted by Gasteiger charge is -2.22. The van der Waals surface area contributed by atoms with Gasteiger partial charge in [-0.2, -0.15) is 0 Å². The molecule has 1 aromatic carbocycles. The van der Waals surface area contributed by atoms with E-state index in [0.29, 0.717) is 0 Å². The normalized spacial score (nSPS) is 12.6. The molecular weight excluding hydrogens is 323 g/mol. The van der Waals surface area contributed by atoms with Crippen LogP contribution in [-0.4, -0.2) is 35.9 Å². The molecule has 1 rings (SSSR count). The van der Waals surface area contributed by atoms with Gasteiger partial charge >= 0.3 is 19.5 Å². The zero-order chi connectivity index (χ0) is 17.3. The summed E-state index contributed by atoms with van der Waals surface area (Å²) in [5.41, 5.74) is -0.823. The highest BCUT2D eigenvalue weighted by Crippen LogP contribution is 2.54. The third kappa shape index (κ3) is 6.14. The van der Waals surface area contributed by atoms with Crippen molar-refractivity contribution in [1.29, 1.82) is 0 Å². The molecule has 23 heavy (non-hydrogen) atoms. The summed E-state index contributed by atoms with van der Waals surface area (Å²) < 4.78 is 27.6. The maximum absolute atomic E-state index is 12.5. The Labute approximate surface area is 135 Å². The van der Waals surface area contributed by atoms with Gasteiger partial charge in [0.05, 0.1) is 19.6 Å². The fourth-order valence-corrected chi connectivity index (χ4v) is 3.66. The van der Waals surface area contributed by atoms with Gasteiger partial charge in [-0.3, -0.25) is 14.2 Å². The Morgan fingerprint density at radius 1 is 1.13 bits per heavy atom. The molecule has 0 amide bonds. The third-order valence-electron chi connectivity index (χ3n) is 2.89. The monoisotopic (exact) mass is 344 g/mol. The van der Waals surface area contributed by atoms with Crippen molar-refractivity contribution in [1.82, 2.24) is 0 Å². The van der Waals surface area contributed by atoms with Crippen molar-refractivity contribution in [3.05, 3.63) is 35.9 Å². The molecule has 0 aliphatic heterocycles. The molecule has 0 saturated carbocycles. The molecule has 0 aromatic heterocycles. The topological polar surface area (TPSA) is 99.1 Å². The number of carbonyl (C=O) groups is 2. The number of hydrogen-bond donors (Lipinski definition) is 1. The van der Waals surface area contributed by atoms with Crippen molar-refractivity contribution in [2.75, 3.05) is 13.2 Å². The number of carbonyl (C=O) groups excluding carboxylic acids is 1. The molecule has 0 bridgehead atoms. The average Bonchev–Trinajstić information content (AvgIpc) is 2.51. The SMILES string of the molecule is CCOP(=O)(OCC)C(CC(=O)OCc1ccccc1)C(=O)O. The van der Waals surface area contributed by atoms with Crippen LogP contribution in [0, 0.1) is 0 Å². The van der Waals surface area contributed by atoms with Gasteiger partial charge in [-0.05, 0) is 19.4 Å². The lowest BCUT2D eigenvalue weighted by molar-refractivity contribution is -0.148. The predicted octanol–water partition coefficient (Wildman–Crippen LogP) is 2.84.